The van der Waals surface area contributed by atoms with Crippen LogP contribution in [0.1, 0.15) is 15.2 Å². The van der Waals surface area contributed by atoms with Crippen LogP contribution in [-0.2, 0) is 0 Å². The Hall–Kier alpha value is -1.59. The normalized spacial score (nSPS) is 10.2. The fourth-order valence-electron chi connectivity index (χ4n) is 1.34. The van der Waals surface area contributed by atoms with Crippen molar-refractivity contribution in [3.63, 3.8) is 0 Å². The van der Waals surface area contributed by atoms with Gasteiger partial charge in [-0.15, -0.1) is 0 Å². The Morgan fingerprint density at radius 3 is 2.88 bits per heavy atom. The summed E-state index contributed by atoms with van der Waals surface area (Å²) in [6.45, 7) is 1.88. The molecular weight excluding hydrogens is 258 g/mol. The van der Waals surface area contributed by atoms with Crippen molar-refractivity contribution in [2.45, 2.75) is 6.92 Å². The summed E-state index contributed by atoms with van der Waals surface area (Å²) in [4.78, 5) is 16.1. The van der Waals surface area contributed by atoms with Crippen LogP contribution in [0.5, 0.6) is 0 Å². The van der Waals surface area contributed by atoms with Crippen molar-refractivity contribution in [3.8, 4) is 0 Å². The van der Waals surface area contributed by atoms with Crippen molar-refractivity contribution >= 4 is 39.7 Å². The number of amides is 1. The number of nitrogens with two attached hydrogens (primary N) is 1. The molecule has 1 aromatic heterocycles. The van der Waals surface area contributed by atoms with Gasteiger partial charge < -0.3 is 11.1 Å². The van der Waals surface area contributed by atoms with Crippen molar-refractivity contribution in [1.29, 1.82) is 0 Å². The third kappa shape index (κ3) is 2.75. The summed E-state index contributed by atoms with van der Waals surface area (Å²) < 4.78 is 0. The Bertz CT molecular complexity index is 568. The number of aromatic nitrogens is 1. The maximum atomic E-state index is 11.8. The van der Waals surface area contributed by atoms with E-state index in [1.54, 1.807) is 18.2 Å². The van der Waals surface area contributed by atoms with Crippen molar-refractivity contribution in [1.82, 2.24) is 4.98 Å². The molecule has 0 fully saturated rings. The second kappa shape index (κ2) is 4.73. The maximum Gasteiger partial charge on any atom is 0.267 e. The molecule has 1 amide bonds. The van der Waals surface area contributed by atoms with Crippen LogP contribution in [0.15, 0.2) is 24.4 Å². The van der Waals surface area contributed by atoms with Crippen LogP contribution >= 0.6 is 22.9 Å². The average molecular weight is 268 g/mol. The van der Waals surface area contributed by atoms with E-state index in [4.69, 9.17) is 17.3 Å². The van der Waals surface area contributed by atoms with Gasteiger partial charge in [-0.25, -0.2) is 4.98 Å². The lowest BCUT2D eigenvalue weighted by atomic mass is 10.2. The second-order valence-electron chi connectivity index (χ2n) is 3.48. The number of thiazole rings is 1. The van der Waals surface area contributed by atoms with Crippen LogP contribution in [-0.4, -0.2) is 10.9 Å². The van der Waals surface area contributed by atoms with Gasteiger partial charge in [0.05, 0.1) is 6.20 Å². The minimum absolute atomic E-state index is 0.218. The largest absolute Gasteiger partial charge is 0.375 e. The highest BCUT2D eigenvalue weighted by atomic mass is 35.5. The highest BCUT2D eigenvalue weighted by molar-refractivity contribution is 7.17. The Kier molecular flexibility index (Phi) is 3.31. The lowest BCUT2D eigenvalue weighted by Gasteiger charge is -2.07. The van der Waals surface area contributed by atoms with E-state index in [0.717, 1.165) is 22.6 Å². The predicted molar refractivity (Wildman–Crippen MR) is 70.7 cm³/mol. The van der Waals surface area contributed by atoms with Crippen LogP contribution in [0.4, 0.5) is 10.8 Å². The fourth-order valence-corrected chi connectivity index (χ4v) is 2.15. The fraction of sp³-hybridized carbons (Fsp3) is 0.0909. The zero-order valence-corrected chi connectivity index (χ0v) is 10.6. The number of nitrogen functional groups attached to an aromatic ring is 1. The van der Waals surface area contributed by atoms with E-state index < -0.39 is 0 Å². The van der Waals surface area contributed by atoms with Gasteiger partial charge in [0, 0.05) is 10.7 Å². The number of nitrogens with zero attached hydrogens (tertiary/aromatic N) is 1. The van der Waals surface area contributed by atoms with E-state index in [9.17, 15) is 4.79 Å². The number of nitrogens with one attached hydrogen (secondary N) is 1. The van der Waals surface area contributed by atoms with Gasteiger partial charge in [-0.05, 0) is 30.7 Å². The van der Waals surface area contributed by atoms with Crippen molar-refractivity contribution in [3.05, 3.63) is 39.9 Å². The molecule has 3 N–H and O–H groups in total. The third-order valence-corrected chi connectivity index (χ3v) is 3.24. The number of anilines is 2. The summed E-state index contributed by atoms with van der Waals surface area (Å²) in [5, 5.41) is 3.80. The summed E-state index contributed by atoms with van der Waals surface area (Å²) >= 11 is 6.99. The molecule has 0 atom stereocenters. The highest BCUT2D eigenvalue weighted by Crippen LogP contribution is 2.21. The number of carbonyl (C=O) groups excluding carboxylic acids is 1. The second-order valence-corrected chi connectivity index (χ2v) is 4.97. The van der Waals surface area contributed by atoms with Gasteiger partial charge >= 0.3 is 0 Å². The zero-order valence-electron chi connectivity index (χ0n) is 9.03. The summed E-state index contributed by atoms with van der Waals surface area (Å²) in [7, 11) is 0. The predicted octanol–water partition coefficient (Wildman–Crippen LogP) is 2.94. The monoisotopic (exact) mass is 267 g/mol. The quantitative estimate of drug-likeness (QED) is 0.879. The van der Waals surface area contributed by atoms with E-state index >= 15 is 0 Å². The number of aryl methyl sites for hydroxylation is 1. The molecule has 4 nitrogen and oxygen atoms in total. The van der Waals surface area contributed by atoms with Crippen LogP contribution in [0, 0.1) is 6.92 Å². The van der Waals surface area contributed by atoms with Crippen molar-refractivity contribution < 1.29 is 4.79 Å². The SMILES string of the molecule is Cc1cc(Cl)ccc1NC(=O)c1cnc(N)s1. The zero-order chi connectivity index (χ0) is 12.4. The maximum absolute atomic E-state index is 11.8. The number of halogens is 1. The Balaban J connectivity index is 2.18. The molecule has 0 radical (unpaired) electrons. The van der Waals surface area contributed by atoms with E-state index in [1.807, 2.05) is 6.92 Å². The average Bonchev–Trinajstić information content (AvgIpc) is 2.69. The van der Waals surface area contributed by atoms with Crippen LogP contribution in [0.25, 0.3) is 0 Å². The molecule has 0 saturated carbocycles. The van der Waals surface area contributed by atoms with Gasteiger partial charge in [-0.1, -0.05) is 22.9 Å². The Labute approximate surface area is 107 Å². The summed E-state index contributed by atoms with van der Waals surface area (Å²) in [5.74, 6) is -0.218. The van der Waals surface area contributed by atoms with Crippen LogP contribution in [0.3, 0.4) is 0 Å². The minimum atomic E-state index is -0.218. The molecule has 17 heavy (non-hydrogen) atoms. The molecule has 0 bridgehead atoms. The smallest absolute Gasteiger partial charge is 0.267 e. The number of benzene rings is 1. The summed E-state index contributed by atoms with van der Waals surface area (Å²) in [6.07, 6.45) is 1.46. The van der Waals surface area contributed by atoms with E-state index in [0.29, 0.717) is 15.0 Å². The van der Waals surface area contributed by atoms with Gasteiger partial charge in [0.15, 0.2) is 5.13 Å². The van der Waals surface area contributed by atoms with Gasteiger partial charge in [-0.2, -0.15) is 0 Å². The van der Waals surface area contributed by atoms with Gasteiger partial charge in [0.2, 0.25) is 0 Å². The van der Waals surface area contributed by atoms with Gasteiger partial charge in [-0.3, -0.25) is 4.79 Å². The summed E-state index contributed by atoms with van der Waals surface area (Å²) in [6, 6.07) is 5.28. The Morgan fingerprint density at radius 2 is 2.29 bits per heavy atom. The molecular formula is C11H10ClN3OS. The standard InChI is InChI=1S/C11H10ClN3OS/c1-6-4-7(12)2-3-8(6)15-10(16)9-5-14-11(13)17-9/h2-5H,1H3,(H2,13,14)(H,15,16). The number of hydrogen-bond donors (Lipinski definition) is 2. The first-order chi connectivity index (χ1) is 8.06. The van der Waals surface area contributed by atoms with E-state index in [-0.39, 0.29) is 5.91 Å². The third-order valence-electron chi connectivity index (χ3n) is 2.18. The topological polar surface area (TPSA) is 68.0 Å². The lowest BCUT2D eigenvalue weighted by Crippen LogP contribution is -2.11. The van der Waals surface area contributed by atoms with Crippen molar-refractivity contribution in [2.75, 3.05) is 11.1 Å². The molecule has 0 aliphatic heterocycles. The molecule has 88 valence electrons. The molecule has 2 rings (SSSR count). The van der Waals surface area contributed by atoms with Gasteiger partial charge in [0.1, 0.15) is 4.88 Å². The van der Waals surface area contributed by atoms with Crippen LogP contribution in [0.2, 0.25) is 5.02 Å². The molecule has 1 heterocycles. The number of rotatable bonds is 2. The van der Waals surface area contributed by atoms with Crippen molar-refractivity contribution in [2.24, 2.45) is 0 Å². The highest BCUT2D eigenvalue weighted by Gasteiger charge is 2.10. The molecule has 0 saturated heterocycles. The van der Waals surface area contributed by atoms with E-state index in [2.05, 4.69) is 10.3 Å². The molecule has 0 spiro atoms. The molecule has 0 aliphatic rings. The Morgan fingerprint density at radius 1 is 1.53 bits per heavy atom. The molecule has 0 unspecified atom stereocenters. The molecule has 2 aromatic rings. The minimum Gasteiger partial charge on any atom is -0.375 e. The first-order valence-electron chi connectivity index (χ1n) is 4.85. The van der Waals surface area contributed by atoms with E-state index in [1.165, 1.54) is 6.20 Å². The number of carbonyl (C=O) groups is 1. The molecule has 6 heteroatoms. The molecule has 1 aromatic carbocycles. The first kappa shape index (κ1) is 11.9. The first-order valence-corrected chi connectivity index (χ1v) is 6.04. The van der Waals surface area contributed by atoms with Gasteiger partial charge in [0.25, 0.3) is 5.91 Å². The van der Waals surface area contributed by atoms with Crippen LogP contribution < -0.4 is 11.1 Å². The molecule has 0 aliphatic carbocycles. The summed E-state index contributed by atoms with van der Waals surface area (Å²) in [5.41, 5.74) is 7.10. The number of hydrogen-bond acceptors (Lipinski definition) is 4. The lowest BCUT2D eigenvalue weighted by molar-refractivity contribution is 0.103.